The van der Waals surface area contributed by atoms with Gasteiger partial charge in [-0.3, -0.25) is 0 Å². The van der Waals surface area contributed by atoms with Crippen molar-refractivity contribution in [2.75, 3.05) is 0 Å². The van der Waals surface area contributed by atoms with Crippen LogP contribution in [0.4, 0.5) is 4.39 Å². The molecule has 0 aliphatic rings. The molecule has 5 heteroatoms. The second kappa shape index (κ2) is 5.90. The second-order valence-electron chi connectivity index (χ2n) is 4.16. The Morgan fingerprint density at radius 2 is 1.95 bits per heavy atom. The SMILES string of the molecule is C[C@H](N)c1ccc(Oc2cc(F)ccc2Br)c(Cl)c1. The third-order valence-electron chi connectivity index (χ3n) is 2.59. The van der Waals surface area contributed by atoms with Crippen molar-refractivity contribution in [2.45, 2.75) is 13.0 Å². The Morgan fingerprint density at radius 1 is 1.21 bits per heavy atom. The summed E-state index contributed by atoms with van der Waals surface area (Å²) in [6, 6.07) is 9.41. The molecule has 0 spiro atoms. The predicted molar refractivity (Wildman–Crippen MR) is 78.2 cm³/mol. The molecule has 1 atom stereocenters. The molecule has 0 unspecified atom stereocenters. The fraction of sp³-hybridized carbons (Fsp3) is 0.143. The maximum atomic E-state index is 13.2. The first-order valence-corrected chi connectivity index (χ1v) is 6.82. The van der Waals surface area contributed by atoms with Gasteiger partial charge < -0.3 is 10.5 Å². The van der Waals surface area contributed by atoms with Crippen LogP contribution in [-0.4, -0.2) is 0 Å². The lowest BCUT2D eigenvalue weighted by Gasteiger charge is -2.12. The van der Waals surface area contributed by atoms with E-state index in [9.17, 15) is 4.39 Å². The molecule has 0 fully saturated rings. The summed E-state index contributed by atoms with van der Waals surface area (Å²) in [5.41, 5.74) is 6.69. The van der Waals surface area contributed by atoms with Gasteiger partial charge in [0.1, 0.15) is 17.3 Å². The standard InChI is InChI=1S/C14H12BrClFNO/c1-8(18)9-2-5-13(12(16)6-9)19-14-7-10(17)3-4-11(14)15/h2-8H,18H2,1H3/t8-/m0/s1. The highest BCUT2D eigenvalue weighted by Crippen LogP contribution is 2.35. The molecule has 0 amide bonds. The highest BCUT2D eigenvalue weighted by atomic mass is 79.9. The van der Waals surface area contributed by atoms with Crippen LogP contribution in [-0.2, 0) is 0 Å². The van der Waals surface area contributed by atoms with Gasteiger partial charge in [-0.2, -0.15) is 0 Å². The molecule has 19 heavy (non-hydrogen) atoms. The van der Waals surface area contributed by atoms with Gasteiger partial charge >= 0.3 is 0 Å². The van der Waals surface area contributed by atoms with Crippen molar-refractivity contribution < 1.29 is 9.13 Å². The normalized spacial score (nSPS) is 12.3. The zero-order valence-electron chi connectivity index (χ0n) is 10.2. The third-order valence-corrected chi connectivity index (χ3v) is 3.55. The molecule has 0 saturated heterocycles. The molecule has 0 heterocycles. The van der Waals surface area contributed by atoms with E-state index < -0.39 is 0 Å². The van der Waals surface area contributed by atoms with Crippen molar-refractivity contribution in [3.63, 3.8) is 0 Å². The maximum Gasteiger partial charge on any atom is 0.146 e. The molecule has 2 nitrogen and oxygen atoms in total. The first-order valence-electron chi connectivity index (χ1n) is 5.65. The van der Waals surface area contributed by atoms with Crippen LogP contribution >= 0.6 is 27.5 Å². The van der Waals surface area contributed by atoms with Crippen LogP contribution in [0.5, 0.6) is 11.5 Å². The topological polar surface area (TPSA) is 35.2 Å². The van der Waals surface area contributed by atoms with Crippen molar-refractivity contribution in [3.05, 3.63) is 57.3 Å². The van der Waals surface area contributed by atoms with Gasteiger partial charge in [-0.25, -0.2) is 4.39 Å². The lowest BCUT2D eigenvalue weighted by Crippen LogP contribution is -2.04. The highest BCUT2D eigenvalue weighted by Gasteiger charge is 2.09. The summed E-state index contributed by atoms with van der Waals surface area (Å²) in [7, 11) is 0. The van der Waals surface area contributed by atoms with Crippen molar-refractivity contribution in [3.8, 4) is 11.5 Å². The number of halogens is 3. The summed E-state index contributed by atoms with van der Waals surface area (Å²) in [5, 5.41) is 0.436. The van der Waals surface area contributed by atoms with Gasteiger partial charge in [-0.05, 0) is 52.7 Å². The molecule has 2 rings (SSSR count). The minimum absolute atomic E-state index is 0.104. The van der Waals surface area contributed by atoms with Gasteiger partial charge in [-0.1, -0.05) is 17.7 Å². The summed E-state index contributed by atoms with van der Waals surface area (Å²) in [6.45, 7) is 1.87. The average Bonchev–Trinajstić information content (AvgIpc) is 2.36. The van der Waals surface area contributed by atoms with Gasteiger partial charge in [0.25, 0.3) is 0 Å². The summed E-state index contributed by atoms with van der Waals surface area (Å²) in [5.74, 6) is 0.453. The monoisotopic (exact) mass is 343 g/mol. The number of benzene rings is 2. The van der Waals surface area contributed by atoms with Crippen LogP contribution in [0.15, 0.2) is 40.9 Å². The fourth-order valence-corrected chi connectivity index (χ4v) is 2.11. The molecule has 2 aromatic carbocycles. The zero-order valence-corrected chi connectivity index (χ0v) is 12.5. The van der Waals surface area contributed by atoms with Crippen molar-refractivity contribution in [1.29, 1.82) is 0 Å². The van der Waals surface area contributed by atoms with E-state index in [1.165, 1.54) is 12.1 Å². The summed E-state index contributed by atoms with van der Waals surface area (Å²) >= 11 is 9.42. The van der Waals surface area contributed by atoms with Gasteiger partial charge in [0, 0.05) is 12.1 Å². The second-order valence-corrected chi connectivity index (χ2v) is 5.42. The van der Waals surface area contributed by atoms with E-state index in [4.69, 9.17) is 22.1 Å². The van der Waals surface area contributed by atoms with Crippen molar-refractivity contribution in [1.82, 2.24) is 0 Å². The summed E-state index contributed by atoms with van der Waals surface area (Å²) in [4.78, 5) is 0. The Hall–Kier alpha value is -1.10. The molecule has 2 aromatic rings. The Bertz CT molecular complexity index is 604. The van der Waals surface area contributed by atoms with Gasteiger partial charge in [0.05, 0.1) is 9.50 Å². The summed E-state index contributed by atoms with van der Waals surface area (Å²) < 4.78 is 19.4. The van der Waals surface area contributed by atoms with Crippen molar-refractivity contribution in [2.24, 2.45) is 5.73 Å². The molecule has 0 aromatic heterocycles. The van der Waals surface area contributed by atoms with Gasteiger partial charge in [-0.15, -0.1) is 0 Å². The van der Waals surface area contributed by atoms with E-state index in [0.29, 0.717) is 21.0 Å². The Kier molecular flexibility index (Phi) is 4.45. The Labute approximate surface area is 124 Å². The van der Waals surface area contributed by atoms with Gasteiger partial charge in [0.2, 0.25) is 0 Å². The maximum absolute atomic E-state index is 13.2. The Balaban J connectivity index is 2.31. The molecular formula is C14H12BrClFNO. The molecule has 0 aliphatic carbocycles. The van der Waals surface area contributed by atoms with E-state index >= 15 is 0 Å². The predicted octanol–water partition coefficient (Wildman–Crippen LogP) is 5.05. The van der Waals surface area contributed by atoms with E-state index in [0.717, 1.165) is 5.56 Å². The molecule has 100 valence electrons. The highest BCUT2D eigenvalue weighted by molar-refractivity contribution is 9.10. The van der Waals surface area contributed by atoms with Crippen LogP contribution in [0.3, 0.4) is 0 Å². The summed E-state index contributed by atoms with van der Waals surface area (Å²) in [6.07, 6.45) is 0. The zero-order chi connectivity index (χ0) is 14.0. The molecule has 0 aliphatic heterocycles. The smallest absolute Gasteiger partial charge is 0.146 e. The van der Waals surface area contributed by atoms with Gasteiger partial charge in [0.15, 0.2) is 0 Å². The van der Waals surface area contributed by atoms with Crippen molar-refractivity contribution >= 4 is 27.5 Å². The fourth-order valence-electron chi connectivity index (χ4n) is 1.56. The first-order chi connectivity index (χ1) is 8.97. The van der Waals surface area contributed by atoms with E-state index in [-0.39, 0.29) is 11.9 Å². The lowest BCUT2D eigenvalue weighted by molar-refractivity contribution is 0.473. The minimum atomic E-state index is -0.374. The van der Waals surface area contributed by atoms with E-state index in [1.807, 2.05) is 13.0 Å². The number of hydrogen-bond donors (Lipinski definition) is 1. The molecule has 0 saturated carbocycles. The molecule has 0 bridgehead atoms. The largest absolute Gasteiger partial charge is 0.455 e. The number of hydrogen-bond acceptors (Lipinski definition) is 2. The third kappa shape index (κ3) is 3.47. The van der Waals surface area contributed by atoms with E-state index in [2.05, 4.69) is 15.9 Å². The lowest BCUT2D eigenvalue weighted by atomic mass is 10.1. The number of nitrogens with two attached hydrogens (primary N) is 1. The Morgan fingerprint density at radius 3 is 2.58 bits per heavy atom. The molecule has 0 radical (unpaired) electrons. The van der Waals surface area contributed by atoms with Crippen LogP contribution in [0, 0.1) is 5.82 Å². The first kappa shape index (κ1) is 14.3. The minimum Gasteiger partial charge on any atom is -0.455 e. The van der Waals surface area contributed by atoms with Crippen LogP contribution in [0.1, 0.15) is 18.5 Å². The van der Waals surface area contributed by atoms with E-state index in [1.54, 1.807) is 18.2 Å². The van der Waals surface area contributed by atoms with Crippen LogP contribution in [0.25, 0.3) is 0 Å². The van der Waals surface area contributed by atoms with Crippen LogP contribution in [0.2, 0.25) is 5.02 Å². The van der Waals surface area contributed by atoms with Crippen LogP contribution < -0.4 is 10.5 Å². The molecular weight excluding hydrogens is 333 g/mol. The quantitative estimate of drug-likeness (QED) is 0.845. The molecule has 2 N–H and O–H groups in total. The average molecular weight is 345 g/mol. The number of rotatable bonds is 3. The number of ether oxygens (including phenoxy) is 1.